The average molecular weight is 445 g/mol. The van der Waals surface area contributed by atoms with E-state index in [1.54, 1.807) is 20.0 Å². The minimum absolute atomic E-state index is 0.127. The second kappa shape index (κ2) is 12.2. The Morgan fingerprint density at radius 2 is 1.84 bits per heavy atom. The Kier molecular flexibility index (Phi) is 9.64. The Balaban J connectivity index is 2.02. The van der Waals surface area contributed by atoms with Crippen molar-refractivity contribution in [2.45, 2.75) is 59.4 Å². The van der Waals surface area contributed by atoms with Crippen LogP contribution in [-0.4, -0.2) is 41.4 Å². The highest BCUT2D eigenvalue weighted by Gasteiger charge is 2.28. The molecule has 0 radical (unpaired) electrons. The van der Waals surface area contributed by atoms with E-state index in [2.05, 4.69) is 33.0 Å². The molecule has 0 aromatic carbocycles. The van der Waals surface area contributed by atoms with Crippen LogP contribution >= 0.6 is 0 Å². The van der Waals surface area contributed by atoms with E-state index in [9.17, 15) is 9.59 Å². The zero-order chi connectivity index (χ0) is 23.7. The number of carbonyl (C=O) groups is 2. The maximum Gasteiger partial charge on any atom is 0.267 e. The van der Waals surface area contributed by atoms with Gasteiger partial charge in [0, 0.05) is 12.7 Å². The number of ketones is 1. The van der Waals surface area contributed by atoms with Crippen LogP contribution in [0.4, 0.5) is 5.69 Å². The number of likely N-dealkylation sites (N-methyl/N-ethyl adjacent to an activating group) is 1. The highest BCUT2D eigenvalue weighted by molar-refractivity contribution is 6.19. The predicted molar refractivity (Wildman–Crippen MR) is 125 cm³/mol. The molecule has 1 aromatic heterocycles. The lowest BCUT2D eigenvalue weighted by molar-refractivity contribution is -0.119. The van der Waals surface area contributed by atoms with Gasteiger partial charge in [-0.1, -0.05) is 25.8 Å². The second-order valence-electron chi connectivity index (χ2n) is 8.37. The summed E-state index contributed by atoms with van der Waals surface area (Å²) in [6, 6.07) is -0.127. The minimum atomic E-state index is -0.190. The van der Waals surface area contributed by atoms with Gasteiger partial charge in [-0.25, -0.2) is 9.97 Å². The Labute approximate surface area is 190 Å². The third-order valence-electron chi connectivity index (χ3n) is 5.82. The smallest absolute Gasteiger partial charge is 0.267 e. The van der Waals surface area contributed by atoms with E-state index in [4.69, 9.17) is 10.6 Å². The number of hydrogen-bond acceptors (Lipinski definition) is 8. The number of anilines is 1. The molecular formula is C23H36N6O3. The van der Waals surface area contributed by atoms with Crippen LogP contribution in [-0.2, 0) is 14.4 Å². The molecule has 2 rings (SSSR count). The average Bonchev–Trinajstić information content (AvgIpc) is 2.75. The molecule has 5 N–H and O–H groups in total. The topological polar surface area (TPSA) is 131 Å². The monoisotopic (exact) mass is 444 g/mol. The first kappa shape index (κ1) is 25.3. The Morgan fingerprint density at radius 3 is 2.34 bits per heavy atom. The van der Waals surface area contributed by atoms with Gasteiger partial charge in [-0.3, -0.25) is 19.9 Å². The molecule has 0 unspecified atom stereocenters. The van der Waals surface area contributed by atoms with Gasteiger partial charge in [0.2, 0.25) is 0 Å². The summed E-state index contributed by atoms with van der Waals surface area (Å²) < 4.78 is 0. The molecule has 1 aliphatic carbocycles. The number of nitrogens with zero attached hydrogens (tertiary/aromatic N) is 2. The number of allylic oxidation sites excluding steroid dienone is 3. The molecule has 32 heavy (non-hydrogen) atoms. The van der Waals surface area contributed by atoms with Crippen LogP contribution in [0.2, 0.25) is 0 Å². The van der Waals surface area contributed by atoms with Crippen molar-refractivity contribution in [1.29, 1.82) is 0 Å². The van der Waals surface area contributed by atoms with Gasteiger partial charge < -0.3 is 16.4 Å². The lowest BCUT2D eigenvalue weighted by atomic mass is 9.79. The van der Waals surface area contributed by atoms with Crippen molar-refractivity contribution in [2.75, 3.05) is 19.1 Å². The van der Waals surface area contributed by atoms with Crippen molar-refractivity contribution in [1.82, 2.24) is 20.6 Å². The van der Waals surface area contributed by atoms with Gasteiger partial charge in [-0.15, -0.1) is 0 Å². The summed E-state index contributed by atoms with van der Waals surface area (Å²) in [7, 11) is 1.73. The number of amides is 1. The van der Waals surface area contributed by atoms with Crippen LogP contribution in [0.5, 0.6) is 0 Å². The van der Waals surface area contributed by atoms with Crippen LogP contribution in [0.3, 0.4) is 0 Å². The number of nitrogens with two attached hydrogens (primary N) is 1. The van der Waals surface area contributed by atoms with Crippen LogP contribution < -0.4 is 21.8 Å². The van der Waals surface area contributed by atoms with Crippen LogP contribution in [0.1, 0.15) is 59.2 Å². The molecule has 1 amide bonds. The van der Waals surface area contributed by atoms with Gasteiger partial charge in [0.1, 0.15) is 0 Å². The number of hydrogen-bond donors (Lipinski definition) is 4. The van der Waals surface area contributed by atoms with Gasteiger partial charge >= 0.3 is 0 Å². The van der Waals surface area contributed by atoms with Crippen molar-refractivity contribution in [2.24, 2.45) is 17.6 Å². The molecule has 0 spiro atoms. The molecule has 1 aliphatic rings. The van der Waals surface area contributed by atoms with Gasteiger partial charge in [0.15, 0.2) is 11.6 Å². The molecule has 9 nitrogen and oxygen atoms in total. The number of carbonyl (C=O) groups excluding carboxylic acids is 2. The lowest BCUT2D eigenvalue weighted by Crippen LogP contribution is -2.46. The molecule has 9 heteroatoms. The number of Topliss-reactive ketones (excluding diaryl/α,β-unsaturated/α-hetero) is 1. The van der Waals surface area contributed by atoms with E-state index in [1.165, 1.54) is 19.3 Å². The van der Waals surface area contributed by atoms with Crippen molar-refractivity contribution < 1.29 is 14.4 Å². The third-order valence-corrected chi connectivity index (χ3v) is 5.82. The summed E-state index contributed by atoms with van der Waals surface area (Å²) in [5.41, 5.74) is 10.4. The van der Waals surface area contributed by atoms with Crippen molar-refractivity contribution in [3.63, 3.8) is 0 Å². The molecule has 1 atom stereocenters. The Morgan fingerprint density at radius 1 is 1.22 bits per heavy atom. The third kappa shape index (κ3) is 7.05. The number of aromatic nitrogens is 2. The summed E-state index contributed by atoms with van der Waals surface area (Å²) >= 11 is 0. The van der Waals surface area contributed by atoms with E-state index in [1.807, 2.05) is 6.92 Å². The van der Waals surface area contributed by atoms with Crippen LogP contribution in [0.15, 0.2) is 29.9 Å². The summed E-state index contributed by atoms with van der Waals surface area (Å²) in [6.45, 7) is 7.46. The van der Waals surface area contributed by atoms with Gasteiger partial charge in [0.25, 0.3) is 5.91 Å². The fraction of sp³-hybridized carbons (Fsp3) is 0.565. The van der Waals surface area contributed by atoms with E-state index >= 15 is 0 Å². The summed E-state index contributed by atoms with van der Waals surface area (Å²) in [5.74, 6) is 1.00. The van der Waals surface area contributed by atoms with Crippen molar-refractivity contribution in [3.8, 4) is 0 Å². The minimum Gasteiger partial charge on any atom is -0.402 e. The molecule has 1 heterocycles. The zero-order valence-corrected chi connectivity index (χ0v) is 19.7. The molecule has 0 bridgehead atoms. The molecular weight excluding hydrogens is 408 g/mol. The molecule has 1 saturated carbocycles. The standard InChI is InChI=1S/C23H36N6O3/c1-6-19(25-5)23(31)28-20(17-9-7-14(2)8-10-17)13-32-29-18-11-26-22(27-12-18)21(15(3)24)16(4)30/h6,11-12,14,17,20,25,29H,7-10,13,24H2,1-5H3,(H,28,31)/b19-6-,21-15+/t14?,17?,20-/m1/s1. The van der Waals surface area contributed by atoms with Gasteiger partial charge in [-0.05, 0) is 45.4 Å². The first-order valence-corrected chi connectivity index (χ1v) is 11.1. The summed E-state index contributed by atoms with van der Waals surface area (Å²) in [5, 5.41) is 6.03. The van der Waals surface area contributed by atoms with E-state index in [0.29, 0.717) is 41.1 Å². The fourth-order valence-electron chi connectivity index (χ4n) is 3.96. The van der Waals surface area contributed by atoms with Gasteiger partial charge in [-0.2, -0.15) is 0 Å². The zero-order valence-electron chi connectivity index (χ0n) is 19.7. The number of nitrogens with one attached hydrogen (secondary N) is 3. The van der Waals surface area contributed by atoms with Gasteiger partial charge in [0.05, 0.1) is 42.0 Å². The normalized spacial score (nSPS) is 20.7. The quantitative estimate of drug-likeness (QED) is 0.320. The second-order valence-corrected chi connectivity index (χ2v) is 8.37. The first-order valence-electron chi connectivity index (χ1n) is 11.1. The molecule has 176 valence electrons. The molecule has 0 aliphatic heterocycles. The van der Waals surface area contributed by atoms with Crippen LogP contribution in [0, 0.1) is 11.8 Å². The van der Waals surface area contributed by atoms with Crippen LogP contribution in [0.25, 0.3) is 5.57 Å². The van der Waals surface area contributed by atoms with Crippen molar-refractivity contribution >= 4 is 23.0 Å². The first-order chi connectivity index (χ1) is 15.3. The largest absolute Gasteiger partial charge is 0.402 e. The van der Waals surface area contributed by atoms with E-state index in [0.717, 1.165) is 25.7 Å². The van der Waals surface area contributed by atoms with Crippen molar-refractivity contribution in [3.05, 3.63) is 35.7 Å². The predicted octanol–water partition coefficient (Wildman–Crippen LogP) is 2.53. The maximum atomic E-state index is 12.6. The Bertz CT molecular complexity index is 838. The van der Waals surface area contributed by atoms with E-state index < -0.39 is 0 Å². The SMILES string of the molecule is C/C=C(\NC)C(=O)N[C@H](CONc1cnc(/C(C(C)=O)=C(\C)N)nc1)C1CCC(C)CC1. The highest BCUT2D eigenvalue weighted by atomic mass is 16.6. The molecule has 0 saturated heterocycles. The highest BCUT2D eigenvalue weighted by Crippen LogP contribution is 2.30. The summed E-state index contributed by atoms with van der Waals surface area (Å²) in [4.78, 5) is 38.5. The molecule has 1 aromatic rings. The van der Waals surface area contributed by atoms with E-state index in [-0.39, 0.29) is 23.6 Å². The maximum absolute atomic E-state index is 12.6. The fourth-order valence-corrected chi connectivity index (χ4v) is 3.96. The number of rotatable bonds is 10. The lowest BCUT2D eigenvalue weighted by Gasteiger charge is -2.33. The summed E-state index contributed by atoms with van der Waals surface area (Å²) in [6.07, 6.45) is 9.21. The molecule has 1 fully saturated rings. The Hall–Kier alpha value is -2.94.